The van der Waals surface area contributed by atoms with Crippen molar-refractivity contribution in [3.8, 4) is 11.3 Å². The summed E-state index contributed by atoms with van der Waals surface area (Å²) in [6.45, 7) is 4.55. The van der Waals surface area contributed by atoms with E-state index in [1.807, 2.05) is 26.0 Å². The molecule has 2 aromatic heterocycles. The van der Waals surface area contributed by atoms with Gasteiger partial charge in [-0.25, -0.2) is 30.8 Å². The Kier molecular flexibility index (Phi) is 8.74. The number of fused-ring (bicyclic) bond motifs is 1. The normalized spacial score (nSPS) is 15.7. The Morgan fingerprint density at radius 3 is 2.26 bits per heavy atom. The van der Waals surface area contributed by atoms with Gasteiger partial charge in [-0.15, -0.1) is 0 Å². The van der Waals surface area contributed by atoms with Crippen molar-refractivity contribution in [1.82, 2.24) is 18.2 Å². The Labute approximate surface area is 256 Å². The molecule has 1 saturated heterocycles. The summed E-state index contributed by atoms with van der Waals surface area (Å²) in [5, 5.41) is 4.12. The molecule has 1 unspecified atom stereocenters. The summed E-state index contributed by atoms with van der Waals surface area (Å²) in [5.41, 5.74) is 7.55. The van der Waals surface area contributed by atoms with E-state index in [1.54, 1.807) is 54.6 Å². The zero-order valence-electron chi connectivity index (χ0n) is 23.6. The molecule has 1 fully saturated rings. The third-order valence-corrected chi connectivity index (χ3v) is 10.8. The highest BCUT2D eigenvalue weighted by molar-refractivity contribution is 7.90. The second-order valence-corrected chi connectivity index (χ2v) is 13.8. The summed E-state index contributed by atoms with van der Waals surface area (Å²) in [6, 6.07) is 21.2. The van der Waals surface area contributed by atoms with Crippen LogP contribution in [0, 0.1) is 0 Å². The number of para-hydroxylation sites is 1. The highest BCUT2D eigenvalue weighted by atomic mass is 35.5. The minimum absolute atomic E-state index is 0.156. The molecule has 3 N–H and O–H groups in total. The van der Waals surface area contributed by atoms with Crippen LogP contribution in [0.3, 0.4) is 0 Å². The second kappa shape index (κ2) is 12.3. The minimum Gasteiger partial charge on any atom is -0.399 e. The van der Waals surface area contributed by atoms with Gasteiger partial charge in [0.2, 0.25) is 16.0 Å². The lowest BCUT2D eigenvalue weighted by atomic mass is 10.1. The summed E-state index contributed by atoms with van der Waals surface area (Å²) >= 11 is 6.54. The highest BCUT2D eigenvalue weighted by Gasteiger charge is 2.33. The largest absolute Gasteiger partial charge is 0.399 e. The van der Waals surface area contributed by atoms with E-state index in [4.69, 9.17) is 17.3 Å². The van der Waals surface area contributed by atoms with Crippen LogP contribution in [0.25, 0.3) is 22.2 Å². The van der Waals surface area contributed by atoms with Crippen LogP contribution in [0.15, 0.2) is 101 Å². The van der Waals surface area contributed by atoms with Gasteiger partial charge in [0.25, 0.3) is 10.0 Å². The van der Waals surface area contributed by atoms with Gasteiger partial charge >= 0.3 is 0 Å². The van der Waals surface area contributed by atoms with Gasteiger partial charge in [-0.05, 0) is 48.9 Å². The van der Waals surface area contributed by atoms with Crippen LogP contribution in [0.5, 0.6) is 0 Å². The van der Waals surface area contributed by atoms with Crippen LogP contribution in [-0.2, 0) is 20.0 Å². The van der Waals surface area contributed by atoms with Crippen molar-refractivity contribution in [3.05, 3.63) is 96.3 Å². The van der Waals surface area contributed by atoms with Crippen molar-refractivity contribution in [2.24, 2.45) is 0 Å². The number of rotatable bonds is 7. The van der Waals surface area contributed by atoms with Crippen LogP contribution in [0.1, 0.15) is 20.3 Å². The number of hydrogen-bond donors (Lipinski definition) is 2. The fourth-order valence-electron chi connectivity index (χ4n) is 4.90. The number of nitrogens with one attached hydrogen (secondary N) is 1. The lowest BCUT2D eigenvalue weighted by Gasteiger charge is -2.17. The first kappa shape index (κ1) is 30.5. The molecule has 3 aromatic carbocycles. The maximum absolute atomic E-state index is 13.5. The molecule has 3 heterocycles. The average Bonchev–Trinajstić information content (AvgIpc) is 3.66. The van der Waals surface area contributed by atoms with Gasteiger partial charge in [-0.2, -0.15) is 4.31 Å². The summed E-state index contributed by atoms with van der Waals surface area (Å²) < 4.78 is 55.9. The first-order chi connectivity index (χ1) is 20.6. The first-order valence-electron chi connectivity index (χ1n) is 13.7. The molecule has 0 amide bonds. The van der Waals surface area contributed by atoms with Crippen molar-refractivity contribution in [3.63, 3.8) is 0 Å². The van der Waals surface area contributed by atoms with E-state index >= 15 is 0 Å². The number of nitrogens with two attached hydrogens (primary N) is 1. The van der Waals surface area contributed by atoms with Crippen molar-refractivity contribution >= 4 is 54.2 Å². The molecule has 13 heteroatoms. The minimum atomic E-state index is -3.89. The number of aromatic nitrogens is 3. The molecule has 0 saturated carbocycles. The topological polar surface area (TPSA) is 140 Å². The number of benzene rings is 3. The zero-order valence-corrected chi connectivity index (χ0v) is 25.9. The molecule has 0 bridgehead atoms. The molecule has 5 aromatic rings. The maximum atomic E-state index is 13.5. The highest BCUT2D eigenvalue weighted by Crippen LogP contribution is 2.36. The van der Waals surface area contributed by atoms with Gasteiger partial charge in [0.05, 0.1) is 32.2 Å². The van der Waals surface area contributed by atoms with E-state index in [0.717, 1.165) is 0 Å². The third-order valence-electron chi connectivity index (χ3n) is 6.98. The molecule has 1 atom stereocenters. The summed E-state index contributed by atoms with van der Waals surface area (Å²) in [5.74, 6) is 0.254. The fraction of sp³-hybridized carbons (Fsp3) is 0.200. The smallest absolute Gasteiger partial charge is 0.268 e. The summed E-state index contributed by atoms with van der Waals surface area (Å²) in [7, 11) is -7.58. The van der Waals surface area contributed by atoms with E-state index in [0.29, 0.717) is 40.8 Å². The van der Waals surface area contributed by atoms with Crippen molar-refractivity contribution < 1.29 is 16.8 Å². The van der Waals surface area contributed by atoms with Gasteiger partial charge in [0.15, 0.2) is 0 Å². The van der Waals surface area contributed by atoms with E-state index < -0.39 is 20.0 Å². The quantitative estimate of drug-likeness (QED) is 0.224. The Balaban J connectivity index is 0.00000180. The Morgan fingerprint density at radius 2 is 1.53 bits per heavy atom. The number of nitrogens with zero attached hydrogens (tertiary/aromatic N) is 4. The zero-order chi connectivity index (χ0) is 30.8. The summed E-state index contributed by atoms with van der Waals surface area (Å²) in [6.07, 6.45) is 3.51. The molecular weight excluding hydrogens is 608 g/mol. The van der Waals surface area contributed by atoms with Crippen molar-refractivity contribution in [1.29, 1.82) is 0 Å². The average molecular weight is 639 g/mol. The van der Waals surface area contributed by atoms with Crippen LogP contribution < -0.4 is 11.1 Å². The molecule has 0 spiro atoms. The fourth-order valence-corrected chi connectivity index (χ4v) is 7.99. The molecule has 1 aliphatic rings. The number of sulfonamides is 1. The molecule has 224 valence electrons. The standard InChI is InChI=1S/C28H25ClN6O4S2.C2H6/c29-25-16-31-28(32-20-14-15-34(17-20)40(36,37)22-12-10-19(30)11-13-22)33-27(25)24-18-35(26-9-5-4-8-23(24)26)41(38,39)21-6-2-1-3-7-21;1-2/h1-13,16,18,20H,14-15,17,30H2,(H,31,32,33);1-2H3. The lowest BCUT2D eigenvalue weighted by Crippen LogP contribution is -2.32. The van der Waals surface area contributed by atoms with Gasteiger partial charge in [0.1, 0.15) is 0 Å². The monoisotopic (exact) mass is 638 g/mol. The molecule has 10 nitrogen and oxygen atoms in total. The van der Waals surface area contributed by atoms with E-state index in [9.17, 15) is 16.8 Å². The Bertz CT molecular complexity index is 1970. The molecule has 6 rings (SSSR count). The maximum Gasteiger partial charge on any atom is 0.268 e. The van der Waals surface area contributed by atoms with Crippen LogP contribution >= 0.6 is 11.6 Å². The number of halogens is 1. The molecule has 0 radical (unpaired) electrons. The van der Waals surface area contributed by atoms with Crippen LogP contribution in [-0.4, -0.2) is 54.2 Å². The van der Waals surface area contributed by atoms with Gasteiger partial charge in [0, 0.05) is 42.0 Å². The van der Waals surface area contributed by atoms with Crippen LogP contribution in [0.4, 0.5) is 11.6 Å². The van der Waals surface area contributed by atoms with Gasteiger partial charge < -0.3 is 11.1 Å². The predicted molar refractivity (Wildman–Crippen MR) is 170 cm³/mol. The third kappa shape index (κ3) is 5.96. The first-order valence-corrected chi connectivity index (χ1v) is 17.0. The van der Waals surface area contributed by atoms with Gasteiger partial charge in [-0.1, -0.05) is 61.8 Å². The van der Waals surface area contributed by atoms with Crippen LogP contribution in [0.2, 0.25) is 5.02 Å². The Hall–Kier alpha value is -3.97. The van der Waals surface area contributed by atoms with E-state index in [-0.39, 0.29) is 33.3 Å². The molecule has 1 aliphatic heterocycles. The molecule has 0 aliphatic carbocycles. The van der Waals surface area contributed by atoms with E-state index in [2.05, 4.69) is 15.3 Å². The van der Waals surface area contributed by atoms with E-state index in [1.165, 1.54) is 32.8 Å². The number of nitrogen functional groups attached to an aromatic ring is 1. The van der Waals surface area contributed by atoms with Gasteiger partial charge in [-0.3, -0.25) is 0 Å². The summed E-state index contributed by atoms with van der Waals surface area (Å²) in [4.78, 5) is 9.28. The number of anilines is 2. The van der Waals surface area contributed by atoms with Crippen molar-refractivity contribution in [2.75, 3.05) is 24.1 Å². The second-order valence-electron chi connectivity index (χ2n) is 9.63. The van der Waals surface area contributed by atoms with Crippen molar-refractivity contribution in [2.45, 2.75) is 36.1 Å². The predicted octanol–water partition coefficient (Wildman–Crippen LogP) is 5.47. The molecule has 43 heavy (non-hydrogen) atoms. The number of hydrogen-bond acceptors (Lipinski definition) is 8. The SMILES string of the molecule is CC.Nc1ccc(S(=O)(=O)N2CCC(Nc3ncc(Cl)c(-c4cn(S(=O)(=O)c5ccccc5)c5ccccc45)n3)C2)cc1. The lowest BCUT2D eigenvalue weighted by molar-refractivity contribution is 0.474. The molecular formula is C30H31ClN6O4S2. The Morgan fingerprint density at radius 1 is 0.884 bits per heavy atom.